The Morgan fingerprint density at radius 2 is 2.33 bits per heavy atom. The predicted molar refractivity (Wildman–Crippen MR) is 67.9 cm³/mol. The van der Waals surface area contributed by atoms with Crippen LogP contribution in [0.15, 0.2) is 18.2 Å². The van der Waals surface area contributed by atoms with Crippen LogP contribution in [0.1, 0.15) is 35.6 Å². The van der Waals surface area contributed by atoms with E-state index >= 15 is 0 Å². The maximum absolute atomic E-state index is 11.5. The fraction of sp³-hybridized carbons (Fsp3) is 0.286. The SMILES string of the molecule is N#Cc1ccc2[nH]c3c(c2c1)CCCC3C(N)=O. The normalized spacial score (nSPS) is 18.3. The number of aromatic amines is 1. The van der Waals surface area contributed by atoms with Crippen LogP contribution in [0.3, 0.4) is 0 Å². The van der Waals surface area contributed by atoms with Crippen LogP contribution in [-0.2, 0) is 11.2 Å². The summed E-state index contributed by atoms with van der Waals surface area (Å²) in [6, 6.07) is 7.70. The van der Waals surface area contributed by atoms with E-state index in [4.69, 9.17) is 11.0 Å². The summed E-state index contributed by atoms with van der Waals surface area (Å²) < 4.78 is 0. The molecular formula is C14H13N3O. The lowest BCUT2D eigenvalue weighted by Crippen LogP contribution is -2.24. The summed E-state index contributed by atoms with van der Waals surface area (Å²) in [5.74, 6) is -0.491. The molecule has 0 spiro atoms. The predicted octanol–water partition coefficient (Wildman–Crippen LogP) is 1.94. The molecule has 0 saturated carbocycles. The molecule has 0 saturated heterocycles. The minimum atomic E-state index is -0.275. The zero-order valence-corrected chi connectivity index (χ0v) is 9.86. The number of nitrogens with two attached hydrogens (primary N) is 1. The van der Waals surface area contributed by atoms with Crippen LogP contribution in [0.2, 0.25) is 0 Å². The second-order valence-corrected chi connectivity index (χ2v) is 4.74. The Bertz CT molecular complexity index is 678. The number of nitrogens with one attached hydrogen (secondary N) is 1. The van der Waals surface area contributed by atoms with Crippen LogP contribution in [-0.4, -0.2) is 10.9 Å². The summed E-state index contributed by atoms with van der Waals surface area (Å²) in [7, 11) is 0. The minimum Gasteiger partial charge on any atom is -0.369 e. The van der Waals surface area contributed by atoms with Gasteiger partial charge in [-0.05, 0) is 43.0 Å². The number of fused-ring (bicyclic) bond motifs is 3. The maximum Gasteiger partial charge on any atom is 0.226 e. The van der Waals surface area contributed by atoms with Crippen LogP contribution in [0.25, 0.3) is 10.9 Å². The molecule has 18 heavy (non-hydrogen) atoms. The Morgan fingerprint density at radius 1 is 1.50 bits per heavy atom. The Kier molecular flexibility index (Phi) is 2.34. The van der Waals surface area contributed by atoms with E-state index < -0.39 is 0 Å². The molecule has 0 bridgehead atoms. The molecule has 2 aromatic rings. The fourth-order valence-electron chi connectivity index (χ4n) is 2.82. The fourth-order valence-corrected chi connectivity index (χ4v) is 2.82. The van der Waals surface area contributed by atoms with E-state index in [1.165, 1.54) is 0 Å². The van der Waals surface area contributed by atoms with Crippen LogP contribution in [0.5, 0.6) is 0 Å². The number of nitriles is 1. The maximum atomic E-state index is 11.5. The first-order valence-electron chi connectivity index (χ1n) is 6.04. The number of amides is 1. The first kappa shape index (κ1) is 10.8. The highest BCUT2D eigenvalue weighted by Crippen LogP contribution is 2.36. The van der Waals surface area contributed by atoms with Crippen molar-refractivity contribution >= 4 is 16.8 Å². The first-order valence-corrected chi connectivity index (χ1v) is 6.04. The van der Waals surface area contributed by atoms with Gasteiger partial charge in [-0.15, -0.1) is 0 Å². The number of rotatable bonds is 1. The van der Waals surface area contributed by atoms with Gasteiger partial charge in [0, 0.05) is 16.6 Å². The van der Waals surface area contributed by atoms with Gasteiger partial charge in [-0.1, -0.05) is 0 Å². The van der Waals surface area contributed by atoms with Gasteiger partial charge in [0.2, 0.25) is 5.91 Å². The highest BCUT2D eigenvalue weighted by molar-refractivity contribution is 5.90. The lowest BCUT2D eigenvalue weighted by Gasteiger charge is -2.19. The molecule has 3 rings (SSSR count). The number of aryl methyl sites for hydroxylation is 1. The van der Waals surface area contributed by atoms with Crippen LogP contribution in [0, 0.1) is 11.3 Å². The zero-order valence-electron chi connectivity index (χ0n) is 9.86. The quantitative estimate of drug-likeness (QED) is 0.797. The van der Waals surface area contributed by atoms with E-state index in [1.807, 2.05) is 12.1 Å². The molecule has 1 unspecified atom stereocenters. The Labute approximate surface area is 104 Å². The van der Waals surface area contributed by atoms with Gasteiger partial charge in [-0.2, -0.15) is 5.26 Å². The molecule has 1 heterocycles. The molecule has 1 aromatic heterocycles. The number of carbonyl (C=O) groups is 1. The van der Waals surface area contributed by atoms with Crippen molar-refractivity contribution in [3.8, 4) is 6.07 Å². The largest absolute Gasteiger partial charge is 0.369 e. The molecule has 1 aliphatic carbocycles. The van der Waals surface area contributed by atoms with Crippen molar-refractivity contribution in [1.29, 1.82) is 5.26 Å². The number of hydrogen-bond donors (Lipinski definition) is 2. The number of nitrogens with zero attached hydrogens (tertiary/aromatic N) is 1. The lowest BCUT2D eigenvalue weighted by atomic mass is 9.86. The summed E-state index contributed by atoms with van der Waals surface area (Å²) in [6.07, 6.45) is 2.71. The zero-order chi connectivity index (χ0) is 12.7. The van der Waals surface area contributed by atoms with Gasteiger partial charge in [0.25, 0.3) is 0 Å². The van der Waals surface area contributed by atoms with Crippen molar-refractivity contribution in [1.82, 2.24) is 4.98 Å². The highest BCUT2D eigenvalue weighted by atomic mass is 16.1. The van der Waals surface area contributed by atoms with Crippen molar-refractivity contribution in [2.24, 2.45) is 5.73 Å². The molecule has 0 aliphatic heterocycles. The molecule has 1 amide bonds. The molecule has 0 fully saturated rings. The monoisotopic (exact) mass is 239 g/mol. The summed E-state index contributed by atoms with van der Waals surface area (Å²) in [5.41, 5.74) is 9.16. The Morgan fingerprint density at radius 3 is 3.06 bits per heavy atom. The number of carbonyl (C=O) groups excluding carboxylic acids is 1. The Hall–Kier alpha value is -2.28. The van der Waals surface area contributed by atoms with E-state index in [0.717, 1.165) is 41.4 Å². The van der Waals surface area contributed by atoms with Crippen molar-refractivity contribution in [2.75, 3.05) is 0 Å². The van der Waals surface area contributed by atoms with Crippen LogP contribution >= 0.6 is 0 Å². The van der Waals surface area contributed by atoms with Crippen molar-refractivity contribution < 1.29 is 4.79 Å². The second-order valence-electron chi connectivity index (χ2n) is 4.74. The first-order chi connectivity index (χ1) is 8.70. The average molecular weight is 239 g/mol. The number of H-pyrrole nitrogens is 1. The average Bonchev–Trinajstić information content (AvgIpc) is 2.75. The third kappa shape index (κ3) is 1.48. The third-order valence-electron chi connectivity index (χ3n) is 3.68. The van der Waals surface area contributed by atoms with Crippen LogP contribution in [0.4, 0.5) is 0 Å². The molecule has 4 heteroatoms. The second kappa shape index (κ2) is 3.88. The Balaban J connectivity index is 2.25. The summed E-state index contributed by atoms with van der Waals surface area (Å²) in [5, 5.41) is 10.00. The van der Waals surface area contributed by atoms with E-state index in [1.54, 1.807) is 6.07 Å². The molecule has 3 N–H and O–H groups in total. The molecule has 0 radical (unpaired) electrons. The lowest BCUT2D eigenvalue weighted by molar-refractivity contribution is -0.119. The molecule has 90 valence electrons. The standard InChI is InChI=1S/C14H13N3O/c15-7-8-4-5-12-11(6-8)9-2-1-3-10(14(16)18)13(9)17-12/h4-6,10,17H,1-3H2,(H2,16,18). The van der Waals surface area contributed by atoms with Gasteiger partial charge in [0.05, 0.1) is 17.6 Å². The van der Waals surface area contributed by atoms with Gasteiger partial charge in [0.1, 0.15) is 0 Å². The van der Waals surface area contributed by atoms with Crippen molar-refractivity contribution in [2.45, 2.75) is 25.2 Å². The molecular weight excluding hydrogens is 226 g/mol. The topological polar surface area (TPSA) is 82.7 Å². The summed E-state index contributed by atoms with van der Waals surface area (Å²) >= 11 is 0. The van der Waals surface area contributed by atoms with Crippen molar-refractivity contribution in [3.05, 3.63) is 35.0 Å². The number of hydrogen-bond acceptors (Lipinski definition) is 2. The number of aromatic nitrogens is 1. The molecule has 4 nitrogen and oxygen atoms in total. The minimum absolute atomic E-state index is 0.216. The van der Waals surface area contributed by atoms with Crippen LogP contribution < -0.4 is 5.73 Å². The van der Waals surface area contributed by atoms with Gasteiger partial charge < -0.3 is 10.7 Å². The number of benzene rings is 1. The summed E-state index contributed by atoms with van der Waals surface area (Å²) in [6.45, 7) is 0. The smallest absolute Gasteiger partial charge is 0.226 e. The number of primary amides is 1. The van der Waals surface area contributed by atoms with Gasteiger partial charge in [-0.25, -0.2) is 0 Å². The van der Waals surface area contributed by atoms with E-state index in [9.17, 15) is 4.79 Å². The van der Waals surface area contributed by atoms with Gasteiger partial charge in [-0.3, -0.25) is 4.79 Å². The van der Waals surface area contributed by atoms with Gasteiger partial charge in [0.15, 0.2) is 0 Å². The van der Waals surface area contributed by atoms with E-state index in [0.29, 0.717) is 5.56 Å². The van der Waals surface area contributed by atoms with E-state index in [2.05, 4.69) is 11.1 Å². The van der Waals surface area contributed by atoms with Gasteiger partial charge >= 0.3 is 0 Å². The molecule has 1 aliphatic rings. The molecule has 1 aromatic carbocycles. The highest BCUT2D eigenvalue weighted by Gasteiger charge is 2.27. The molecule has 1 atom stereocenters. The van der Waals surface area contributed by atoms with E-state index in [-0.39, 0.29) is 11.8 Å². The third-order valence-corrected chi connectivity index (χ3v) is 3.68. The summed E-state index contributed by atoms with van der Waals surface area (Å²) in [4.78, 5) is 14.8. The van der Waals surface area contributed by atoms with Crippen molar-refractivity contribution in [3.63, 3.8) is 0 Å².